The van der Waals surface area contributed by atoms with E-state index in [9.17, 15) is 9.59 Å². The minimum absolute atomic E-state index is 0.186. The number of methoxy groups -OCH3 is 1. The molecule has 0 unspecified atom stereocenters. The Morgan fingerprint density at radius 1 is 0.812 bits per heavy atom. The van der Waals surface area contributed by atoms with Crippen LogP contribution in [0.3, 0.4) is 0 Å². The van der Waals surface area contributed by atoms with Crippen LogP contribution in [0.1, 0.15) is 31.8 Å². The molecule has 1 aliphatic carbocycles. The predicted octanol–water partition coefficient (Wildman–Crippen LogP) is 5.09. The molecule has 0 fully saturated rings. The number of halogens is 1. The van der Waals surface area contributed by atoms with Crippen molar-refractivity contribution in [3.05, 3.63) is 105 Å². The van der Waals surface area contributed by atoms with Crippen molar-refractivity contribution < 1.29 is 19.1 Å². The van der Waals surface area contributed by atoms with Crippen LogP contribution in [0, 0.1) is 0 Å². The number of hydrogen-bond acceptors (Lipinski definition) is 5. The molecular formula is C26H22BrNO4. The van der Waals surface area contributed by atoms with Gasteiger partial charge in [-0.2, -0.15) is 0 Å². The van der Waals surface area contributed by atoms with Gasteiger partial charge in [-0.15, -0.1) is 0 Å². The molecule has 0 spiro atoms. The van der Waals surface area contributed by atoms with Crippen molar-refractivity contribution in [2.24, 2.45) is 0 Å². The Morgan fingerprint density at radius 3 is 2.22 bits per heavy atom. The van der Waals surface area contributed by atoms with Gasteiger partial charge in [0.05, 0.1) is 11.6 Å². The van der Waals surface area contributed by atoms with E-state index in [4.69, 9.17) is 9.47 Å². The third kappa shape index (κ3) is 4.60. The SMILES string of the molecule is COc1ccc(CCNC2=C(Br)C(=O)c3ccccc3C2=O)cc1OCc1ccccc1. The second-order valence-corrected chi connectivity index (χ2v) is 8.12. The second-order valence-electron chi connectivity index (χ2n) is 7.33. The van der Waals surface area contributed by atoms with E-state index in [0.29, 0.717) is 47.9 Å². The average molecular weight is 492 g/mol. The highest BCUT2D eigenvalue weighted by molar-refractivity contribution is 9.12. The molecule has 6 heteroatoms. The summed E-state index contributed by atoms with van der Waals surface area (Å²) < 4.78 is 11.7. The van der Waals surface area contributed by atoms with Gasteiger partial charge in [0.1, 0.15) is 12.3 Å². The number of nitrogens with one attached hydrogen (secondary N) is 1. The molecule has 0 amide bonds. The highest BCUT2D eigenvalue weighted by Gasteiger charge is 2.30. The largest absolute Gasteiger partial charge is 0.493 e. The summed E-state index contributed by atoms with van der Waals surface area (Å²) in [6.45, 7) is 0.921. The van der Waals surface area contributed by atoms with Crippen LogP contribution in [0.15, 0.2) is 83.0 Å². The molecule has 0 aliphatic heterocycles. The number of Topliss-reactive ketones (excluding diaryl/α,β-unsaturated/α-hetero) is 2. The maximum atomic E-state index is 12.8. The summed E-state index contributed by atoms with van der Waals surface area (Å²) in [6.07, 6.45) is 0.637. The first kappa shape index (κ1) is 21.8. The third-order valence-corrected chi connectivity index (χ3v) is 6.00. The van der Waals surface area contributed by atoms with Crippen molar-refractivity contribution in [2.75, 3.05) is 13.7 Å². The Hall–Kier alpha value is -3.38. The molecule has 3 aromatic carbocycles. The zero-order valence-corrected chi connectivity index (χ0v) is 19.1. The number of ether oxygens (including phenoxy) is 2. The van der Waals surface area contributed by atoms with Crippen LogP contribution in [0.4, 0.5) is 0 Å². The zero-order valence-electron chi connectivity index (χ0n) is 17.6. The van der Waals surface area contributed by atoms with Crippen LogP contribution in [0.5, 0.6) is 11.5 Å². The first-order chi connectivity index (χ1) is 15.6. The van der Waals surface area contributed by atoms with Crippen LogP contribution in [-0.4, -0.2) is 25.2 Å². The number of carbonyl (C=O) groups is 2. The van der Waals surface area contributed by atoms with E-state index in [1.165, 1.54) is 0 Å². The second kappa shape index (κ2) is 9.83. The lowest BCUT2D eigenvalue weighted by Gasteiger charge is -2.19. The van der Waals surface area contributed by atoms with Gasteiger partial charge in [0.2, 0.25) is 11.6 Å². The summed E-state index contributed by atoms with van der Waals surface area (Å²) in [4.78, 5) is 25.4. The van der Waals surface area contributed by atoms with Crippen molar-refractivity contribution in [1.29, 1.82) is 0 Å². The molecule has 0 bridgehead atoms. The molecule has 4 rings (SSSR count). The molecule has 1 N–H and O–H groups in total. The standard InChI is InChI=1S/C26H22BrNO4/c1-31-21-12-11-17(15-22(21)32-16-18-7-3-2-4-8-18)13-14-28-24-23(27)25(29)19-9-5-6-10-20(19)26(24)30/h2-12,15,28H,13-14,16H2,1H3. The van der Waals surface area contributed by atoms with Crippen molar-refractivity contribution >= 4 is 27.5 Å². The lowest BCUT2D eigenvalue weighted by molar-refractivity contribution is 0.0976. The Bertz CT molecular complexity index is 1190. The highest BCUT2D eigenvalue weighted by Crippen LogP contribution is 2.30. The molecule has 0 saturated carbocycles. The van der Waals surface area contributed by atoms with Gasteiger partial charge in [-0.1, -0.05) is 60.7 Å². The fourth-order valence-corrected chi connectivity index (χ4v) is 4.09. The van der Waals surface area contributed by atoms with E-state index >= 15 is 0 Å². The minimum Gasteiger partial charge on any atom is -0.493 e. The summed E-state index contributed by atoms with van der Waals surface area (Å²) in [6, 6.07) is 22.6. The Balaban J connectivity index is 1.43. The van der Waals surface area contributed by atoms with Crippen molar-refractivity contribution in [3.8, 4) is 11.5 Å². The number of rotatable bonds is 8. The van der Waals surface area contributed by atoms with E-state index < -0.39 is 0 Å². The minimum atomic E-state index is -0.191. The number of carbonyl (C=O) groups excluding carboxylic acids is 2. The van der Waals surface area contributed by atoms with Crippen LogP contribution in [-0.2, 0) is 13.0 Å². The Kier molecular flexibility index (Phi) is 6.71. The first-order valence-electron chi connectivity index (χ1n) is 10.2. The van der Waals surface area contributed by atoms with E-state index in [1.54, 1.807) is 31.4 Å². The molecule has 0 heterocycles. The summed E-state index contributed by atoms with van der Waals surface area (Å²) in [5.41, 5.74) is 3.23. The summed E-state index contributed by atoms with van der Waals surface area (Å²) in [7, 11) is 1.61. The summed E-state index contributed by atoms with van der Waals surface area (Å²) in [5, 5.41) is 3.14. The molecule has 1 aliphatic rings. The molecule has 0 radical (unpaired) electrons. The third-order valence-electron chi connectivity index (χ3n) is 5.24. The number of fused-ring (bicyclic) bond motifs is 1. The highest BCUT2D eigenvalue weighted by atomic mass is 79.9. The average Bonchev–Trinajstić information content (AvgIpc) is 2.84. The van der Waals surface area contributed by atoms with E-state index in [1.807, 2.05) is 48.5 Å². The summed E-state index contributed by atoms with van der Waals surface area (Å²) in [5.74, 6) is 0.942. The molecule has 0 saturated heterocycles. The van der Waals surface area contributed by atoms with E-state index in [-0.39, 0.29) is 16.0 Å². The fourth-order valence-electron chi connectivity index (χ4n) is 3.56. The number of hydrogen-bond donors (Lipinski definition) is 1. The van der Waals surface area contributed by atoms with Crippen LogP contribution in [0.2, 0.25) is 0 Å². The molecule has 0 atom stereocenters. The van der Waals surface area contributed by atoms with Gasteiger partial charge in [-0.3, -0.25) is 9.59 Å². The molecular weight excluding hydrogens is 470 g/mol. The first-order valence-corrected chi connectivity index (χ1v) is 11.0. The maximum Gasteiger partial charge on any atom is 0.210 e. The fraction of sp³-hybridized carbons (Fsp3) is 0.154. The molecule has 3 aromatic rings. The van der Waals surface area contributed by atoms with Gasteiger partial charge >= 0.3 is 0 Å². The molecule has 5 nitrogen and oxygen atoms in total. The lowest BCUT2D eigenvalue weighted by Crippen LogP contribution is -2.30. The van der Waals surface area contributed by atoms with Gasteiger partial charge in [0.25, 0.3) is 0 Å². The van der Waals surface area contributed by atoms with Crippen molar-refractivity contribution in [1.82, 2.24) is 5.32 Å². The van der Waals surface area contributed by atoms with Gasteiger partial charge in [0, 0.05) is 17.7 Å². The Morgan fingerprint density at radius 2 is 1.50 bits per heavy atom. The van der Waals surface area contributed by atoms with E-state index in [2.05, 4.69) is 21.2 Å². The maximum absolute atomic E-state index is 12.8. The lowest BCUT2D eigenvalue weighted by atomic mass is 9.92. The normalized spacial score (nSPS) is 13.1. The van der Waals surface area contributed by atoms with Gasteiger partial charge in [0.15, 0.2) is 11.5 Å². The number of allylic oxidation sites excluding steroid dienone is 2. The zero-order chi connectivity index (χ0) is 22.5. The summed E-state index contributed by atoms with van der Waals surface area (Å²) >= 11 is 3.30. The van der Waals surface area contributed by atoms with Crippen LogP contribution in [0.25, 0.3) is 0 Å². The molecule has 162 valence electrons. The topological polar surface area (TPSA) is 64.6 Å². The predicted molar refractivity (Wildman–Crippen MR) is 127 cm³/mol. The van der Waals surface area contributed by atoms with E-state index in [0.717, 1.165) is 11.1 Å². The van der Waals surface area contributed by atoms with Crippen LogP contribution >= 0.6 is 15.9 Å². The molecule has 0 aromatic heterocycles. The number of ketones is 2. The van der Waals surface area contributed by atoms with Crippen molar-refractivity contribution in [2.45, 2.75) is 13.0 Å². The Labute approximate surface area is 195 Å². The molecule has 32 heavy (non-hydrogen) atoms. The smallest absolute Gasteiger partial charge is 0.210 e. The quantitative estimate of drug-likeness (QED) is 0.475. The van der Waals surface area contributed by atoms with Gasteiger partial charge < -0.3 is 14.8 Å². The van der Waals surface area contributed by atoms with Crippen LogP contribution < -0.4 is 14.8 Å². The monoisotopic (exact) mass is 491 g/mol. The van der Waals surface area contributed by atoms with Gasteiger partial charge in [-0.25, -0.2) is 0 Å². The van der Waals surface area contributed by atoms with Gasteiger partial charge in [-0.05, 0) is 45.6 Å². The van der Waals surface area contributed by atoms with Crippen molar-refractivity contribution in [3.63, 3.8) is 0 Å². The number of benzene rings is 3.